The quantitative estimate of drug-likeness (QED) is 0.592. The highest BCUT2D eigenvalue weighted by molar-refractivity contribution is 5.94. The van der Waals surface area contributed by atoms with Crippen LogP contribution in [0.25, 0.3) is 16.5 Å². The number of nitrogens with one attached hydrogen (secondary N) is 1. The first kappa shape index (κ1) is 18.2. The molecular formula is C25H26N2O2. The van der Waals surface area contributed by atoms with Gasteiger partial charge in [-0.1, -0.05) is 30.3 Å². The van der Waals surface area contributed by atoms with E-state index in [1.807, 2.05) is 12.3 Å². The van der Waals surface area contributed by atoms with E-state index < -0.39 is 5.97 Å². The molecule has 4 heteroatoms. The Morgan fingerprint density at radius 3 is 2.93 bits per heavy atom. The molecule has 0 bridgehead atoms. The molecule has 1 aliphatic carbocycles. The number of benzene rings is 2. The molecule has 148 valence electrons. The zero-order valence-electron chi connectivity index (χ0n) is 16.6. The van der Waals surface area contributed by atoms with Gasteiger partial charge in [0.15, 0.2) is 0 Å². The first-order chi connectivity index (χ1) is 14.2. The molecule has 3 aromatic rings. The number of H-pyrrole nitrogens is 1. The first-order valence-electron chi connectivity index (χ1n) is 10.5. The summed E-state index contributed by atoms with van der Waals surface area (Å²) in [6.45, 7) is 3.44. The van der Waals surface area contributed by atoms with Crippen LogP contribution >= 0.6 is 0 Å². The summed E-state index contributed by atoms with van der Waals surface area (Å²) in [5.41, 5.74) is 8.76. The van der Waals surface area contributed by atoms with E-state index in [2.05, 4.69) is 34.1 Å². The largest absolute Gasteiger partial charge is 0.478 e. The number of unbranched alkanes of at least 4 members (excludes halogenated alkanes) is 1. The molecule has 0 atom stereocenters. The van der Waals surface area contributed by atoms with Crippen LogP contribution in [0.3, 0.4) is 0 Å². The second kappa shape index (κ2) is 7.53. The molecule has 0 unspecified atom stereocenters. The average molecular weight is 386 g/mol. The van der Waals surface area contributed by atoms with Crippen molar-refractivity contribution in [3.8, 4) is 0 Å². The number of rotatable bonds is 6. The third-order valence-corrected chi connectivity index (χ3v) is 6.45. The summed E-state index contributed by atoms with van der Waals surface area (Å²) in [5, 5.41) is 10.3. The summed E-state index contributed by atoms with van der Waals surface area (Å²) in [7, 11) is 0. The minimum atomic E-state index is -0.881. The molecule has 0 spiro atoms. The molecule has 2 heterocycles. The predicted molar refractivity (Wildman–Crippen MR) is 116 cm³/mol. The van der Waals surface area contributed by atoms with Crippen LogP contribution < -0.4 is 0 Å². The Kier molecular flexibility index (Phi) is 4.72. The van der Waals surface area contributed by atoms with E-state index in [4.69, 9.17) is 5.11 Å². The van der Waals surface area contributed by atoms with Crippen LogP contribution in [-0.4, -0.2) is 40.6 Å². The summed E-state index contributed by atoms with van der Waals surface area (Å²) < 4.78 is 0. The van der Waals surface area contributed by atoms with E-state index in [0.717, 1.165) is 49.8 Å². The van der Waals surface area contributed by atoms with Crippen LogP contribution in [0.4, 0.5) is 0 Å². The van der Waals surface area contributed by atoms with Crippen molar-refractivity contribution in [3.05, 3.63) is 76.5 Å². The maximum Gasteiger partial charge on any atom is 0.335 e. The number of carbonyl (C=O) groups is 1. The molecule has 2 aliphatic rings. The second-order valence-electron chi connectivity index (χ2n) is 8.28. The molecule has 5 rings (SSSR count). The van der Waals surface area contributed by atoms with E-state index >= 15 is 0 Å². The minimum absolute atomic E-state index is 0.332. The number of carboxylic acid groups (broad SMARTS) is 1. The number of aryl methyl sites for hydroxylation is 1. The van der Waals surface area contributed by atoms with Gasteiger partial charge in [0.05, 0.1) is 5.56 Å². The van der Waals surface area contributed by atoms with Crippen molar-refractivity contribution < 1.29 is 9.90 Å². The van der Waals surface area contributed by atoms with Crippen molar-refractivity contribution in [1.29, 1.82) is 0 Å². The van der Waals surface area contributed by atoms with Crippen LogP contribution in [0.15, 0.2) is 54.2 Å². The Balaban J connectivity index is 1.14. The standard InChI is InChI=1S/C25H26N2O2/c28-25(29)18-8-9-23-19(15-26-24(23)14-18)6-3-4-11-27-12-10-22-20(16-27)13-17-5-1-2-7-21(17)22/h1-2,5,7-9,14-15,26H,3-4,6,10-13,16H2,(H,28,29). The van der Waals surface area contributed by atoms with E-state index in [9.17, 15) is 4.79 Å². The van der Waals surface area contributed by atoms with Gasteiger partial charge in [0, 0.05) is 30.2 Å². The van der Waals surface area contributed by atoms with Gasteiger partial charge >= 0.3 is 5.97 Å². The molecule has 0 amide bonds. The van der Waals surface area contributed by atoms with Gasteiger partial charge in [-0.2, -0.15) is 0 Å². The van der Waals surface area contributed by atoms with Crippen molar-refractivity contribution in [2.75, 3.05) is 19.6 Å². The van der Waals surface area contributed by atoms with Gasteiger partial charge in [-0.3, -0.25) is 4.90 Å². The lowest BCUT2D eigenvalue weighted by atomic mass is 9.99. The predicted octanol–water partition coefficient (Wildman–Crippen LogP) is 4.90. The second-order valence-corrected chi connectivity index (χ2v) is 8.28. The van der Waals surface area contributed by atoms with Crippen LogP contribution in [-0.2, 0) is 12.8 Å². The third-order valence-electron chi connectivity index (χ3n) is 6.45. The zero-order chi connectivity index (χ0) is 19.8. The van der Waals surface area contributed by atoms with Crippen molar-refractivity contribution in [2.24, 2.45) is 0 Å². The highest BCUT2D eigenvalue weighted by atomic mass is 16.4. The van der Waals surface area contributed by atoms with Gasteiger partial charge in [0.25, 0.3) is 0 Å². The Hall–Kier alpha value is -2.85. The third kappa shape index (κ3) is 3.49. The molecule has 1 aliphatic heterocycles. The van der Waals surface area contributed by atoms with Gasteiger partial charge in [0.1, 0.15) is 0 Å². The Morgan fingerprint density at radius 2 is 2.03 bits per heavy atom. The SMILES string of the molecule is O=C(O)c1ccc2c(CCCCN3CCC4=C(Cc5ccccc54)C3)c[nH]c2c1. The van der Waals surface area contributed by atoms with Gasteiger partial charge in [-0.25, -0.2) is 4.79 Å². The molecule has 0 saturated carbocycles. The molecule has 4 nitrogen and oxygen atoms in total. The lowest BCUT2D eigenvalue weighted by Gasteiger charge is -2.28. The molecule has 0 saturated heterocycles. The molecule has 0 fully saturated rings. The zero-order valence-corrected chi connectivity index (χ0v) is 16.6. The fourth-order valence-electron chi connectivity index (χ4n) is 4.95. The fourth-order valence-corrected chi connectivity index (χ4v) is 4.95. The number of carboxylic acids is 1. The normalized spacial score (nSPS) is 16.3. The number of fused-ring (bicyclic) bond motifs is 3. The summed E-state index contributed by atoms with van der Waals surface area (Å²) in [6.07, 6.45) is 7.71. The van der Waals surface area contributed by atoms with E-state index in [-0.39, 0.29) is 0 Å². The highest BCUT2D eigenvalue weighted by Gasteiger charge is 2.26. The minimum Gasteiger partial charge on any atom is -0.478 e. The maximum atomic E-state index is 11.1. The molecule has 0 radical (unpaired) electrons. The van der Waals surface area contributed by atoms with E-state index in [1.165, 1.54) is 29.5 Å². The number of hydrogen-bond donors (Lipinski definition) is 2. The van der Waals surface area contributed by atoms with E-state index in [0.29, 0.717) is 5.56 Å². The summed E-state index contributed by atoms with van der Waals surface area (Å²) in [4.78, 5) is 17.0. The molecular weight excluding hydrogens is 360 g/mol. The number of aromatic nitrogens is 1. The van der Waals surface area contributed by atoms with Gasteiger partial charge in [-0.05, 0) is 78.6 Å². The number of hydrogen-bond acceptors (Lipinski definition) is 2. The molecule has 29 heavy (non-hydrogen) atoms. The van der Waals surface area contributed by atoms with Crippen molar-refractivity contribution >= 4 is 22.4 Å². The van der Waals surface area contributed by atoms with Crippen LogP contribution in [0, 0.1) is 0 Å². The smallest absolute Gasteiger partial charge is 0.335 e. The monoisotopic (exact) mass is 386 g/mol. The lowest BCUT2D eigenvalue weighted by Crippen LogP contribution is -2.31. The highest BCUT2D eigenvalue weighted by Crippen LogP contribution is 2.37. The Morgan fingerprint density at radius 1 is 1.14 bits per heavy atom. The summed E-state index contributed by atoms with van der Waals surface area (Å²) >= 11 is 0. The lowest BCUT2D eigenvalue weighted by molar-refractivity contribution is 0.0697. The van der Waals surface area contributed by atoms with Crippen molar-refractivity contribution in [1.82, 2.24) is 9.88 Å². The summed E-state index contributed by atoms with van der Waals surface area (Å²) in [6, 6.07) is 14.2. The first-order valence-corrected chi connectivity index (χ1v) is 10.5. The number of aromatic amines is 1. The number of nitrogens with zero attached hydrogens (tertiary/aromatic N) is 1. The maximum absolute atomic E-state index is 11.1. The van der Waals surface area contributed by atoms with Crippen molar-refractivity contribution in [3.63, 3.8) is 0 Å². The van der Waals surface area contributed by atoms with Gasteiger partial charge in [-0.15, -0.1) is 0 Å². The van der Waals surface area contributed by atoms with Crippen LogP contribution in [0.2, 0.25) is 0 Å². The van der Waals surface area contributed by atoms with Crippen LogP contribution in [0.1, 0.15) is 46.3 Å². The van der Waals surface area contributed by atoms with Gasteiger partial charge in [0.2, 0.25) is 0 Å². The van der Waals surface area contributed by atoms with Crippen molar-refractivity contribution in [2.45, 2.75) is 32.1 Å². The summed E-state index contributed by atoms with van der Waals surface area (Å²) in [5.74, 6) is -0.881. The molecule has 2 N–H and O–H groups in total. The van der Waals surface area contributed by atoms with Gasteiger partial charge < -0.3 is 10.1 Å². The fraction of sp³-hybridized carbons (Fsp3) is 0.320. The Labute approximate surface area is 170 Å². The number of aromatic carboxylic acids is 1. The Bertz CT molecular complexity index is 1110. The van der Waals surface area contributed by atoms with E-state index in [1.54, 1.807) is 23.3 Å². The molecule has 2 aromatic carbocycles. The molecule has 1 aromatic heterocycles. The topological polar surface area (TPSA) is 56.3 Å². The van der Waals surface area contributed by atoms with Crippen LogP contribution in [0.5, 0.6) is 0 Å². The average Bonchev–Trinajstić information content (AvgIpc) is 3.31.